The fraction of sp³-hybridized carbons (Fsp3) is 0. The smallest absolute Gasteiger partial charge is 0.160 e. The summed E-state index contributed by atoms with van der Waals surface area (Å²) in [5.41, 5.74) is 4.02. The summed E-state index contributed by atoms with van der Waals surface area (Å²) in [6, 6.07) is 26.4. The molecule has 3 heteroatoms. The van der Waals surface area contributed by atoms with Crippen LogP contribution in [0, 0.1) is 0 Å². The van der Waals surface area contributed by atoms with Gasteiger partial charge in [0.25, 0.3) is 0 Å². The number of aromatic nitrogens is 2. The third-order valence-electron chi connectivity index (χ3n) is 3.74. The number of hydrogen-bond donors (Lipinski definition) is 0. The lowest BCUT2D eigenvalue weighted by atomic mass is 10.1. The molecule has 0 unspecified atom stereocenters. The minimum absolute atomic E-state index is 0.749. The number of halogens is 1. The van der Waals surface area contributed by atoms with Crippen molar-refractivity contribution in [3.63, 3.8) is 0 Å². The van der Waals surface area contributed by atoms with Crippen LogP contribution in [0.3, 0.4) is 0 Å². The molecule has 4 rings (SSSR count). The zero-order valence-electron chi connectivity index (χ0n) is 12.3. The predicted molar refractivity (Wildman–Crippen MR) is 98.1 cm³/mol. The second-order valence-electron chi connectivity index (χ2n) is 5.29. The van der Waals surface area contributed by atoms with Crippen LogP contribution in [0.25, 0.3) is 33.5 Å². The maximum Gasteiger partial charge on any atom is 0.160 e. The Morgan fingerprint density at radius 1 is 0.652 bits per heavy atom. The Hall–Kier alpha value is -2.52. The van der Waals surface area contributed by atoms with Gasteiger partial charge in [-0.3, -0.25) is 0 Å². The van der Waals surface area contributed by atoms with Gasteiger partial charge in [0.15, 0.2) is 5.82 Å². The van der Waals surface area contributed by atoms with Gasteiger partial charge in [-0.25, -0.2) is 9.97 Å². The van der Waals surface area contributed by atoms with Crippen LogP contribution in [0.2, 0.25) is 0 Å². The Bertz CT molecular complexity index is 967. The third-order valence-corrected chi connectivity index (χ3v) is 4.23. The highest BCUT2D eigenvalue weighted by Crippen LogP contribution is 2.30. The highest BCUT2D eigenvalue weighted by atomic mass is 79.9. The predicted octanol–water partition coefficient (Wildman–Crippen LogP) is 5.73. The van der Waals surface area contributed by atoms with Gasteiger partial charge in [-0.2, -0.15) is 0 Å². The van der Waals surface area contributed by atoms with Crippen molar-refractivity contribution in [1.82, 2.24) is 9.97 Å². The second kappa shape index (κ2) is 5.94. The summed E-state index contributed by atoms with van der Waals surface area (Å²) in [5.74, 6) is 0.749. The molecule has 0 saturated carbocycles. The molecule has 0 aliphatic heterocycles. The third kappa shape index (κ3) is 2.76. The Balaban J connectivity index is 2.04. The van der Waals surface area contributed by atoms with Crippen LogP contribution in [0.5, 0.6) is 0 Å². The minimum atomic E-state index is 0.749. The Labute approximate surface area is 143 Å². The first-order valence-electron chi connectivity index (χ1n) is 7.39. The SMILES string of the molecule is Brc1ccc2nc(-c3ccccc3)nc(-c3ccccc3)c2c1. The Morgan fingerprint density at radius 3 is 2.00 bits per heavy atom. The van der Waals surface area contributed by atoms with Gasteiger partial charge in [-0.15, -0.1) is 0 Å². The maximum absolute atomic E-state index is 4.85. The van der Waals surface area contributed by atoms with Gasteiger partial charge >= 0.3 is 0 Å². The van der Waals surface area contributed by atoms with Crippen LogP contribution >= 0.6 is 15.9 Å². The lowest BCUT2D eigenvalue weighted by molar-refractivity contribution is 1.23. The van der Waals surface area contributed by atoms with Crippen molar-refractivity contribution in [2.75, 3.05) is 0 Å². The summed E-state index contributed by atoms with van der Waals surface area (Å²) in [6.07, 6.45) is 0. The van der Waals surface area contributed by atoms with Crippen molar-refractivity contribution in [3.05, 3.63) is 83.3 Å². The lowest BCUT2D eigenvalue weighted by Crippen LogP contribution is -1.95. The summed E-state index contributed by atoms with van der Waals surface area (Å²) < 4.78 is 1.03. The van der Waals surface area contributed by atoms with Crippen LogP contribution in [-0.4, -0.2) is 9.97 Å². The van der Waals surface area contributed by atoms with Gasteiger partial charge < -0.3 is 0 Å². The van der Waals surface area contributed by atoms with Gasteiger partial charge in [-0.05, 0) is 18.2 Å². The van der Waals surface area contributed by atoms with Crippen molar-refractivity contribution in [2.24, 2.45) is 0 Å². The first-order valence-corrected chi connectivity index (χ1v) is 8.19. The van der Waals surface area contributed by atoms with E-state index >= 15 is 0 Å². The van der Waals surface area contributed by atoms with Crippen molar-refractivity contribution in [1.29, 1.82) is 0 Å². The molecule has 0 bridgehead atoms. The molecule has 1 heterocycles. The zero-order chi connectivity index (χ0) is 15.6. The van der Waals surface area contributed by atoms with E-state index in [1.807, 2.05) is 60.7 Å². The monoisotopic (exact) mass is 360 g/mol. The average Bonchev–Trinajstić information content (AvgIpc) is 2.62. The van der Waals surface area contributed by atoms with E-state index in [4.69, 9.17) is 9.97 Å². The molecule has 110 valence electrons. The first-order chi connectivity index (χ1) is 11.3. The van der Waals surface area contributed by atoms with E-state index in [1.165, 1.54) is 0 Å². The van der Waals surface area contributed by atoms with Gasteiger partial charge in [0.2, 0.25) is 0 Å². The molecular weight excluding hydrogens is 348 g/mol. The number of fused-ring (bicyclic) bond motifs is 1. The highest BCUT2D eigenvalue weighted by Gasteiger charge is 2.11. The average molecular weight is 361 g/mol. The van der Waals surface area contributed by atoms with Gasteiger partial charge in [0.05, 0.1) is 11.2 Å². The molecule has 0 atom stereocenters. The van der Waals surface area contributed by atoms with Crippen molar-refractivity contribution in [2.45, 2.75) is 0 Å². The normalized spacial score (nSPS) is 10.8. The Morgan fingerprint density at radius 2 is 1.30 bits per heavy atom. The van der Waals surface area contributed by atoms with E-state index in [2.05, 4.69) is 34.1 Å². The standard InChI is InChI=1S/C20H13BrN2/c21-16-11-12-18-17(13-16)19(14-7-3-1-4-8-14)23-20(22-18)15-9-5-2-6-10-15/h1-13H. The van der Waals surface area contributed by atoms with E-state index in [0.29, 0.717) is 0 Å². The quantitative estimate of drug-likeness (QED) is 0.456. The van der Waals surface area contributed by atoms with Crippen molar-refractivity contribution >= 4 is 26.8 Å². The molecule has 0 aliphatic carbocycles. The molecule has 3 aromatic carbocycles. The van der Waals surface area contributed by atoms with E-state index in [1.54, 1.807) is 0 Å². The largest absolute Gasteiger partial charge is 0.228 e. The molecule has 0 aliphatic rings. The lowest BCUT2D eigenvalue weighted by Gasteiger charge is -2.09. The van der Waals surface area contributed by atoms with Crippen LogP contribution in [0.1, 0.15) is 0 Å². The Kier molecular flexibility index (Phi) is 3.64. The molecule has 0 N–H and O–H groups in total. The molecule has 0 fully saturated rings. The summed E-state index contributed by atoms with van der Waals surface area (Å²) in [5, 5.41) is 1.05. The number of nitrogens with zero attached hydrogens (tertiary/aromatic N) is 2. The fourth-order valence-corrected chi connectivity index (χ4v) is 2.99. The van der Waals surface area contributed by atoms with Gasteiger partial charge in [0, 0.05) is 21.0 Å². The van der Waals surface area contributed by atoms with E-state index in [0.717, 1.165) is 38.0 Å². The summed E-state index contributed by atoms with van der Waals surface area (Å²) in [4.78, 5) is 9.59. The maximum atomic E-state index is 4.85. The zero-order valence-corrected chi connectivity index (χ0v) is 13.9. The number of rotatable bonds is 2. The molecular formula is C20H13BrN2. The summed E-state index contributed by atoms with van der Waals surface area (Å²) in [6.45, 7) is 0. The highest BCUT2D eigenvalue weighted by molar-refractivity contribution is 9.10. The molecule has 23 heavy (non-hydrogen) atoms. The minimum Gasteiger partial charge on any atom is -0.228 e. The molecule has 0 radical (unpaired) electrons. The van der Waals surface area contributed by atoms with Crippen LogP contribution in [0.4, 0.5) is 0 Å². The van der Waals surface area contributed by atoms with Crippen LogP contribution < -0.4 is 0 Å². The van der Waals surface area contributed by atoms with Gasteiger partial charge in [0.1, 0.15) is 0 Å². The van der Waals surface area contributed by atoms with Crippen molar-refractivity contribution < 1.29 is 0 Å². The fourth-order valence-electron chi connectivity index (χ4n) is 2.63. The van der Waals surface area contributed by atoms with Crippen LogP contribution in [0.15, 0.2) is 83.3 Å². The van der Waals surface area contributed by atoms with E-state index < -0.39 is 0 Å². The molecule has 0 saturated heterocycles. The summed E-state index contributed by atoms with van der Waals surface area (Å²) >= 11 is 3.55. The molecule has 0 amide bonds. The number of hydrogen-bond acceptors (Lipinski definition) is 2. The second-order valence-corrected chi connectivity index (χ2v) is 6.21. The van der Waals surface area contributed by atoms with Crippen LogP contribution in [-0.2, 0) is 0 Å². The molecule has 0 spiro atoms. The van der Waals surface area contributed by atoms with E-state index in [9.17, 15) is 0 Å². The molecule has 4 aromatic rings. The molecule has 2 nitrogen and oxygen atoms in total. The molecule has 1 aromatic heterocycles. The van der Waals surface area contributed by atoms with Gasteiger partial charge in [-0.1, -0.05) is 76.6 Å². The summed E-state index contributed by atoms with van der Waals surface area (Å²) in [7, 11) is 0. The first kappa shape index (κ1) is 14.1. The number of benzene rings is 3. The van der Waals surface area contributed by atoms with E-state index in [-0.39, 0.29) is 0 Å². The topological polar surface area (TPSA) is 25.8 Å². The van der Waals surface area contributed by atoms with Crippen molar-refractivity contribution in [3.8, 4) is 22.6 Å².